The molecule has 0 bridgehead atoms. The second kappa shape index (κ2) is 6.64. The van der Waals surface area contributed by atoms with Crippen molar-refractivity contribution in [2.24, 2.45) is 0 Å². The monoisotopic (exact) mass is 274 g/mol. The van der Waals surface area contributed by atoms with Crippen molar-refractivity contribution in [2.45, 2.75) is 12.6 Å². The standard InChI is InChI=1S/C11H12F2N2O4/c12-7-2-1-6(3-8(7)13)4-14-11(19)15-9(5-16)10(17)18/h1-3,9,16H,4-5H2,(H,17,18)(H2,14,15,19)/t9-/m0/s1. The van der Waals surface area contributed by atoms with E-state index in [0.717, 1.165) is 12.1 Å². The predicted octanol–water partition coefficient (Wildman–Crippen LogP) is 0.210. The normalized spacial score (nSPS) is 11.7. The molecular formula is C11H12F2N2O4. The average molecular weight is 274 g/mol. The van der Waals surface area contributed by atoms with Crippen LogP contribution in [0.1, 0.15) is 5.56 Å². The summed E-state index contributed by atoms with van der Waals surface area (Å²) in [5, 5.41) is 21.5. The number of carbonyl (C=O) groups is 2. The largest absolute Gasteiger partial charge is 0.480 e. The van der Waals surface area contributed by atoms with Crippen molar-refractivity contribution in [3.63, 3.8) is 0 Å². The molecule has 1 aromatic rings. The third kappa shape index (κ3) is 4.51. The van der Waals surface area contributed by atoms with Gasteiger partial charge in [0.05, 0.1) is 6.61 Å². The molecular weight excluding hydrogens is 262 g/mol. The number of benzene rings is 1. The summed E-state index contributed by atoms with van der Waals surface area (Å²) in [5.41, 5.74) is 0.310. The minimum absolute atomic E-state index is 0.110. The zero-order valence-corrected chi connectivity index (χ0v) is 9.69. The molecule has 0 fully saturated rings. The molecule has 4 N–H and O–H groups in total. The number of amides is 2. The maximum Gasteiger partial charge on any atom is 0.328 e. The van der Waals surface area contributed by atoms with E-state index in [1.54, 1.807) is 0 Å². The summed E-state index contributed by atoms with van der Waals surface area (Å²) in [6.45, 7) is -0.866. The molecule has 1 atom stereocenters. The van der Waals surface area contributed by atoms with E-state index in [4.69, 9.17) is 10.2 Å². The maximum atomic E-state index is 12.9. The number of aliphatic hydroxyl groups is 1. The van der Waals surface area contributed by atoms with Gasteiger partial charge >= 0.3 is 12.0 Å². The first kappa shape index (κ1) is 14.8. The number of carboxylic acids is 1. The Labute approximate surface area is 107 Å². The Balaban J connectivity index is 2.49. The first-order valence-corrected chi connectivity index (χ1v) is 5.26. The molecule has 8 heteroatoms. The van der Waals surface area contributed by atoms with Crippen LogP contribution < -0.4 is 10.6 Å². The lowest BCUT2D eigenvalue weighted by atomic mass is 10.2. The molecule has 6 nitrogen and oxygen atoms in total. The van der Waals surface area contributed by atoms with Gasteiger partial charge in [-0.05, 0) is 17.7 Å². The first-order valence-electron chi connectivity index (χ1n) is 5.26. The summed E-state index contributed by atoms with van der Waals surface area (Å²) >= 11 is 0. The smallest absolute Gasteiger partial charge is 0.328 e. The molecule has 1 rings (SSSR count). The predicted molar refractivity (Wildman–Crippen MR) is 60.2 cm³/mol. The van der Waals surface area contributed by atoms with E-state index in [1.165, 1.54) is 6.07 Å². The number of hydrogen-bond acceptors (Lipinski definition) is 3. The minimum Gasteiger partial charge on any atom is -0.480 e. The van der Waals surface area contributed by atoms with Crippen molar-refractivity contribution in [2.75, 3.05) is 6.61 Å². The highest BCUT2D eigenvalue weighted by atomic mass is 19.2. The zero-order chi connectivity index (χ0) is 14.4. The van der Waals surface area contributed by atoms with Crippen LogP contribution in [0.2, 0.25) is 0 Å². The average Bonchev–Trinajstić information content (AvgIpc) is 2.37. The van der Waals surface area contributed by atoms with Crippen LogP contribution in [0, 0.1) is 11.6 Å². The highest BCUT2D eigenvalue weighted by Crippen LogP contribution is 2.08. The molecule has 0 aliphatic rings. The Morgan fingerprint density at radius 2 is 1.95 bits per heavy atom. The van der Waals surface area contributed by atoms with Crippen LogP contribution in [-0.4, -0.2) is 34.9 Å². The number of hydrogen-bond donors (Lipinski definition) is 4. The van der Waals surface area contributed by atoms with Gasteiger partial charge < -0.3 is 20.8 Å². The summed E-state index contributed by atoms with van der Waals surface area (Å²) < 4.78 is 25.5. The van der Waals surface area contributed by atoms with Gasteiger partial charge in [-0.25, -0.2) is 18.4 Å². The van der Waals surface area contributed by atoms with Crippen LogP contribution in [0.4, 0.5) is 13.6 Å². The van der Waals surface area contributed by atoms with Gasteiger partial charge in [0.1, 0.15) is 0 Å². The van der Waals surface area contributed by atoms with E-state index in [9.17, 15) is 18.4 Å². The topological polar surface area (TPSA) is 98.7 Å². The minimum atomic E-state index is -1.43. The fourth-order valence-electron chi connectivity index (χ4n) is 1.23. The van der Waals surface area contributed by atoms with Crippen molar-refractivity contribution in [3.05, 3.63) is 35.4 Å². The number of nitrogens with one attached hydrogen (secondary N) is 2. The molecule has 0 aromatic heterocycles. The second-order valence-electron chi connectivity index (χ2n) is 3.65. The van der Waals surface area contributed by atoms with Crippen molar-refractivity contribution >= 4 is 12.0 Å². The van der Waals surface area contributed by atoms with Crippen LogP contribution in [0.15, 0.2) is 18.2 Å². The number of carbonyl (C=O) groups excluding carboxylic acids is 1. The third-order valence-electron chi connectivity index (χ3n) is 2.22. The molecule has 19 heavy (non-hydrogen) atoms. The molecule has 2 amide bonds. The lowest BCUT2D eigenvalue weighted by Crippen LogP contribution is -2.47. The fourth-order valence-corrected chi connectivity index (χ4v) is 1.23. The van der Waals surface area contributed by atoms with Gasteiger partial charge in [-0.1, -0.05) is 6.07 Å². The van der Waals surface area contributed by atoms with Gasteiger partial charge in [0.15, 0.2) is 17.7 Å². The Bertz CT molecular complexity index is 482. The quantitative estimate of drug-likeness (QED) is 0.617. The van der Waals surface area contributed by atoms with Crippen molar-refractivity contribution in [1.29, 1.82) is 0 Å². The van der Waals surface area contributed by atoms with E-state index >= 15 is 0 Å². The van der Waals surface area contributed by atoms with Gasteiger partial charge in [0.25, 0.3) is 0 Å². The van der Waals surface area contributed by atoms with Gasteiger partial charge in [-0.2, -0.15) is 0 Å². The maximum absolute atomic E-state index is 12.9. The van der Waals surface area contributed by atoms with Crippen LogP contribution in [0.5, 0.6) is 0 Å². The van der Waals surface area contributed by atoms with Crippen LogP contribution in [0.3, 0.4) is 0 Å². The summed E-state index contributed by atoms with van der Waals surface area (Å²) in [4.78, 5) is 21.8. The number of urea groups is 1. The lowest BCUT2D eigenvalue weighted by molar-refractivity contribution is -0.140. The zero-order valence-electron chi connectivity index (χ0n) is 9.69. The van der Waals surface area contributed by atoms with Gasteiger partial charge in [-0.15, -0.1) is 0 Å². The summed E-state index contributed by atoms with van der Waals surface area (Å²) in [5.74, 6) is -3.43. The molecule has 0 saturated heterocycles. The van der Waals surface area contributed by atoms with Gasteiger partial charge in [-0.3, -0.25) is 0 Å². The van der Waals surface area contributed by atoms with Crippen LogP contribution in [-0.2, 0) is 11.3 Å². The molecule has 0 spiro atoms. The molecule has 0 saturated carbocycles. The fraction of sp³-hybridized carbons (Fsp3) is 0.273. The molecule has 0 radical (unpaired) electrons. The summed E-state index contributed by atoms with van der Waals surface area (Å²) in [6.07, 6.45) is 0. The van der Waals surface area contributed by atoms with Gasteiger partial charge in [0, 0.05) is 6.54 Å². The van der Waals surface area contributed by atoms with E-state index in [0.29, 0.717) is 5.56 Å². The SMILES string of the molecule is O=C(NCc1ccc(F)c(F)c1)N[C@@H](CO)C(=O)O. The number of rotatable bonds is 5. The highest BCUT2D eigenvalue weighted by Gasteiger charge is 2.18. The van der Waals surface area contributed by atoms with E-state index in [-0.39, 0.29) is 6.54 Å². The highest BCUT2D eigenvalue weighted by molar-refractivity contribution is 5.82. The first-order chi connectivity index (χ1) is 8.93. The Morgan fingerprint density at radius 3 is 2.47 bits per heavy atom. The number of halogens is 2. The second-order valence-corrected chi connectivity index (χ2v) is 3.65. The molecule has 104 valence electrons. The van der Waals surface area contributed by atoms with E-state index < -0.39 is 36.3 Å². The van der Waals surface area contributed by atoms with Crippen LogP contribution in [0.25, 0.3) is 0 Å². The third-order valence-corrected chi connectivity index (χ3v) is 2.22. The molecule has 0 heterocycles. The Kier molecular flexibility index (Phi) is 5.19. The molecule has 0 unspecified atom stereocenters. The van der Waals surface area contributed by atoms with Crippen molar-refractivity contribution < 1.29 is 28.6 Å². The van der Waals surface area contributed by atoms with E-state index in [1.807, 2.05) is 5.32 Å². The molecule has 0 aliphatic heterocycles. The Hall–Kier alpha value is -2.22. The van der Waals surface area contributed by atoms with Crippen LogP contribution >= 0.6 is 0 Å². The molecule has 0 aliphatic carbocycles. The summed E-state index contributed by atoms with van der Waals surface area (Å²) in [6, 6.07) is 0.837. The number of carboxylic acid groups (broad SMARTS) is 1. The Morgan fingerprint density at radius 1 is 1.26 bits per heavy atom. The lowest BCUT2D eigenvalue weighted by Gasteiger charge is -2.12. The molecule has 1 aromatic carbocycles. The number of aliphatic hydroxyl groups excluding tert-OH is 1. The van der Waals surface area contributed by atoms with E-state index in [2.05, 4.69) is 5.32 Å². The van der Waals surface area contributed by atoms with Gasteiger partial charge in [0.2, 0.25) is 0 Å². The summed E-state index contributed by atoms with van der Waals surface area (Å²) in [7, 11) is 0. The van der Waals surface area contributed by atoms with Crippen molar-refractivity contribution in [3.8, 4) is 0 Å². The van der Waals surface area contributed by atoms with Crippen molar-refractivity contribution in [1.82, 2.24) is 10.6 Å². The number of aliphatic carboxylic acids is 1.